The van der Waals surface area contributed by atoms with Crippen LogP contribution in [0.2, 0.25) is 0 Å². The summed E-state index contributed by atoms with van der Waals surface area (Å²) in [6.45, 7) is 0.811. The number of aromatic nitrogens is 2. The van der Waals surface area contributed by atoms with Gasteiger partial charge >= 0.3 is 5.97 Å². The van der Waals surface area contributed by atoms with Crippen molar-refractivity contribution in [3.05, 3.63) is 63.5 Å². The number of ether oxygens (including phenoxy) is 1. The maximum absolute atomic E-state index is 12.5. The molecule has 0 unspecified atom stereocenters. The van der Waals surface area contributed by atoms with Gasteiger partial charge in [0.25, 0.3) is 11.5 Å². The molecule has 0 bridgehead atoms. The molecule has 28 heavy (non-hydrogen) atoms. The number of para-hydroxylation sites is 1. The second-order valence-corrected chi connectivity index (χ2v) is 7.75. The molecule has 2 aromatic heterocycles. The lowest BCUT2D eigenvalue weighted by Gasteiger charge is -2.31. The van der Waals surface area contributed by atoms with Gasteiger partial charge in [-0.2, -0.15) is 0 Å². The Morgan fingerprint density at radius 3 is 2.93 bits per heavy atom. The highest BCUT2D eigenvalue weighted by Crippen LogP contribution is 2.32. The summed E-state index contributed by atoms with van der Waals surface area (Å²) in [6.07, 6.45) is 3.28. The van der Waals surface area contributed by atoms with Gasteiger partial charge in [-0.05, 0) is 37.1 Å². The lowest BCUT2D eigenvalue weighted by Crippen LogP contribution is -2.41. The molecule has 7 nitrogen and oxygen atoms in total. The maximum Gasteiger partial charge on any atom is 0.344 e. The number of likely N-dealkylation sites (tertiary alicyclic amines) is 1. The van der Waals surface area contributed by atoms with E-state index in [-0.39, 0.29) is 24.0 Å². The predicted molar refractivity (Wildman–Crippen MR) is 106 cm³/mol. The fourth-order valence-electron chi connectivity index (χ4n) is 3.35. The molecule has 0 saturated carbocycles. The SMILES string of the molecule is O=C(OCC(=O)N1CCC[C@@H](c2nc3ccccc3s2)C1)c1ccc[nH]c1=O. The van der Waals surface area contributed by atoms with E-state index < -0.39 is 11.5 Å². The third kappa shape index (κ3) is 3.82. The van der Waals surface area contributed by atoms with Crippen LogP contribution >= 0.6 is 11.3 Å². The van der Waals surface area contributed by atoms with E-state index in [4.69, 9.17) is 9.72 Å². The van der Waals surface area contributed by atoms with Gasteiger partial charge in [0.05, 0.1) is 15.2 Å². The van der Waals surface area contributed by atoms with Crippen molar-refractivity contribution in [1.29, 1.82) is 0 Å². The van der Waals surface area contributed by atoms with Crippen molar-refractivity contribution in [2.45, 2.75) is 18.8 Å². The quantitative estimate of drug-likeness (QED) is 0.683. The molecule has 3 aromatic rings. The van der Waals surface area contributed by atoms with Crippen molar-refractivity contribution in [2.24, 2.45) is 0 Å². The molecule has 1 N–H and O–H groups in total. The zero-order valence-electron chi connectivity index (χ0n) is 15.1. The van der Waals surface area contributed by atoms with Gasteiger partial charge in [-0.15, -0.1) is 11.3 Å². The summed E-state index contributed by atoms with van der Waals surface area (Å²) in [7, 11) is 0. The van der Waals surface area contributed by atoms with E-state index in [1.807, 2.05) is 24.3 Å². The fraction of sp³-hybridized carbons (Fsp3) is 0.300. The Bertz CT molecular complexity index is 1040. The molecule has 1 aliphatic rings. The topological polar surface area (TPSA) is 92.4 Å². The monoisotopic (exact) mass is 397 g/mol. The number of carbonyl (C=O) groups excluding carboxylic acids is 2. The van der Waals surface area contributed by atoms with Crippen LogP contribution in [-0.4, -0.2) is 46.4 Å². The van der Waals surface area contributed by atoms with E-state index in [0.717, 1.165) is 28.1 Å². The lowest BCUT2D eigenvalue weighted by molar-refractivity contribution is -0.135. The molecular formula is C20H19N3O4S. The van der Waals surface area contributed by atoms with Crippen LogP contribution in [0, 0.1) is 0 Å². The number of rotatable bonds is 4. The summed E-state index contributed by atoms with van der Waals surface area (Å²) in [6, 6.07) is 10.9. The number of hydrogen-bond donors (Lipinski definition) is 1. The fourth-order valence-corrected chi connectivity index (χ4v) is 4.44. The average Bonchev–Trinajstić information content (AvgIpc) is 3.16. The van der Waals surface area contributed by atoms with Crippen molar-refractivity contribution in [3.8, 4) is 0 Å². The lowest BCUT2D eigenvalue weighted by atomic mass is 9.99. The first-order chi connectivity index (χ1) is 13.6. The second kappa shape index (κ2) is 7.93. The van der Waals surface area contributed by atoms with Crippen molar-refractivity contribution < 1.29 is 14.3 Å². The number of carbonyl (C=O) groups is 2. The van der Waals surface area contributed by atoms with Crippen molar-refractivity contribution >= 4 is 33.4 Å². The molecule has 1 atom stereocenters. The number of amides is 1. The Kier molecular flexibility index (Phi) is 5.21. The van der Waals surface area contributed by atoms with Gasteiger partial charge in [0.15, 0.2) is 6.61 Å². The van der Waals surface area contributed by atoms with Crippen LogP contribution in [-0.2, 0) is 9.53 Å². The van der Waals surface area contributed by atoms with Gasteiger partial charge in [0.1, 0.15) is 5.56 Å². The molecule has 1 aromatic carbocycles. The summed E-state index contributed by atoms with van der Waals surface area (Å²) >= 11 is 1.66. The van der Waals surface area contributed by atoms with Gasteiger partial charge in [0.2, 0.25) is 0 Å². The molecule has 8 heteroatoms. The first kappa shape index (κ1) is 18.4. The molecule has 144 valence electrons. The zero-order chi connectivity index (χ0) is 19.5. The van der Waals surface area contributed by atoms with Crippen LogP contribution in [0.25, 0.3) is 10.2 Å². The van der Waals surface area contributed by atoms with Crippen LogP contribution < -0.4 is 5.56 Å². The Morgan fingerprint density at radius 1 is 1.25 bits per heavy atom. The summed E-state index contributed by atoms with van der Waals surface area (Å²) in [5.74, 6) is -0.871. The Morgan fingerprint density at radius 2 is 2.11 bits per heavy atom. The minimum atomic E-state index is -0.796. The van der Waals surface area contributed by atoms with Crippen LogP contribution in [0.5, 0.6) is 0 Å². The predicted octanol–water partition coefficient (Wildman–Crippen LogP) is 2.55. The minimum Gasteiger partial charge on any atom is -0.452 e. The smallest absolute Gasteiger partial charge is 0.344 e. The highest BCUT2D eigenvalue weighted by atomic mass is 32.1. The number of aromatic amines is 1. The number of hydrogen-bond acceptors (Lipinski definition) is 6. The number of H-pyrrole nitrogens is 1. The van der Waals surface area contributed by atoms with Crippen LogP contribution in [0.3, 0.4) is 0 Å². The van der Waals surface area contributed by atoms with E-state index in [9.17, 15) is 14.4 Å². The summed E-state index contributed by atoms with van der Waals surface area (Å²) in [4.78, 5) is 45.0. The van der Waals surface area contributed by atoms with Gasteiger partial charge in [0, 0.05) is 25.2 Å². The molecule has 1 fully saturated rings. The Balaban J connectivity index is 1.38. The molecule has 0 spiro atoms. The first-order valence-corrected chi connectivity index (χ1v) is 9.91. The van der Waals surface area contributed by atoms with E-state index >= 15 is 0 Å². The van der Waals surface area contributed by atoms with Crippen molar-refractivity contribution in [3.63, 3.8) is 0 Å². The maximum atomic E-state index is 12.5. The van der Waals surface area contributed by atoms with Gasteiger partial charge in [-0.1, -0.05) is 12.1 Å². The minimum absolute atomic E-state index is 0.110. The van der Waals surface area contributed by atoms with E-state index in [2.05, 4.69) is 4.98 Å². The average molecular weight is 397 g/mol. The molecule has 1 aliphatic heterocycles. The zero-order valence-corrected chi connectivity index (χ0v) is 15.9. The van der Waals surface area contributed by atoms with Gasteiger partial charge in [-0.25, -0.2) is 9.78 Å². The number of nitrogens with one attached hydrogen (secondary N) is 1. The standard InChI is InChI=1S/C20H19N3O4S/c24-17(12-27-20(26)14-6-3-9-21-18(14)25)23-10-4-5-13(11-23)19-22-15-7-1-2-8-16(15)28-19/h1-3,6-9,13H,4-5,10-12H2,(H,21,25)/t13-/m1/s1. The Labute approximate surface area is 165 Å². The third-order valence-corrected chi connectivity index (χ3v) is 6.00. The number of thiazole rings is 1. The van der Waals surface area contributed by atoms with E-state index in [1.165, 1.54) is 18.3 Å². The highest BCUT2D eigenvalue weighted by molar-refractivity contribution is 7.18. The molecule has 3 heterocycles. The third-order valence-electron chi connectivity index (χ3n) is 4.80. The van der Waals surface area contributed by atoms with Crippen LogP contribution in [0.1, 0.15) is 34.1 Å². The molecule has 0 aliphatic carbocycles. The normalized spacial score (nSPS) is 16.9. The van der Waals surface area contributed by atoms with E-state index in [0.29, 0.717) is 13.1 Å². The summed E-state index contributed by atoms with van der Waals surface area (Å²) < 4.78 is 6.19. The van der Waals surface area contributed by atoms with Crippen LogP contribution in [0.4, 0.5) is 0 Å². The van der Waals surface area contributed by atoms with Crippen LogP contribution in [0.15, 0.2) is 47.4 Å². The largest absolute Gasteiger partial charge is 0.452 e. The number of benzene rings is 1. The number of fused-ring (bicyclic) bond motifs is 1. The summed E-state index contributed by atoms with van der Waals surface area (Å²) in [5, 5.41) is 1.03. The molecule has 1 saturated heterocycles. The first-order valence-electron chi connectivity index (χ1n) is 9.10. The van der Waals surface area contributed by atoms with E-state index in [1.54, 1.807) is 16.2 Å². The van der Waals surface area contributed by atoms with Crippen molar-refractivity contribution in [1.82, 2.24) is 14.9 Å². The molecule has 1 amide bonds. The number of piperidine rings is 1. The van der Waals surface area contributed by atoms with Gasteiger partial charge < -0.3 is 14.6 Å². The molecular weight excluding hydrogens is 378 g/mol. The number of pyridine rings is 1. The highest BCUT2D eigenvalue weighted by Gasteiger charge is 2.27. The number of esters is 1. The second-order valence-electron chi connectivity index (χ2n) is 6.69. The summed E-state index contributed by atoms with van der Waals surface area (Å²) in [5.41, 5.74) is 0.336. The van der Waals surface area contributed by atoms with Gasteiger partial charge in [-0.3, -0.25) is 9.59 Å². The van der Waals surface area contributed by atoms with Crippen molar-refractivity contribution in [2.75, 3.05) is 19.7 Å². The Hall–Kier alpha value is -3.00. The molecule has 0 radical (unpaired) electrons. The molecule has 4 rings (SSSR count). The number of nitrogens with zero attached hydrogens (tertiary/aromatic N) is 2.